The minimum Gasteiger partial charge on any atom is -0.0651 e. The van der Waals surface area contributed by atoms with Crippen molar-refractivity contribution >= 4 is 0 Å². The first-order valence-electron chi connectivity index (χ1n) is 4.46. The topological polar surface area (TPSA) is 0 Å². The van der Waals surface area contributed by atoms with Crippen LogP contribution >= 0.6 is 0 Å². The Balaban J connectivity index is 2.89. The summed E-state index contributed by atoms with van der Waals surface area (Å²) < 4.78 is 0. The van der Waals surface area contributed by atoms with Gasteiger partial charge in [0.05, 0.1) is 0 Å². The minimum absolute atomic E-state index is 0.685. The average Bonchev–Trinajstić information content (AvgIpc) is 1.98. The highest BCUT2D eigenvalue weighted by Crippen LogP contribution is 2.11. The van der Waals surface area contributed by atoms with E-state index in [0.717, 1.165) is 0 Å². The summed E-state index contributed by atoms with van der Waals surface area (Å²) >= 11 is 0. The van der Waals surface area contributed by atoms with Crippen LogP contribution in [0.3, 0.4) is 0 Å². The average molecular weight is 140 g/mol. The molecule has 0 rings (SSSR count). The summed E-state index contributed by atoms with van der Waals surface area (Å²) in [6.07, 6.45) is 8.70. The van der Waals surface area contributed by atoms with Crippen LogP contribution in [0.2, 0.25) is 0 Å². The molecular formula is C10H20. The van der Waals surface area contributed by atoms with Gasteiger partial charge in [-0.2, -0.15) is 0 Å². The second kappa shape index (κ2) is 7.11. The molecule has 60 valence electrons. The molecule has 1 unspecified atom stereocenters. The highest BCUT2D eigenvalue weighted by atomic mass is 14.0. The van der Waals surface area contributed by atoms with Crippen molar-refractivity contribution in [2.24, 2.45) is 5.92 Å². The summed E-state index contributed by atoms with van der Waals surface area (Å²) in [6, 6.07) is 0. The lowest BCUT2D eigenvalue weighted by Gasteiger charge is -2.05. The Labute approximate surface area is 66.0 Å². The largest absolute Gasteiger partial charge is 0.0651 e. The third-order valence-electron chi connectivity index (χ3n) is 1.89. The molecule has 0 heteroatoms. The first kappa shape index (κ1) is 10.0. The number of unbranched alkanes of at least 4 members (excludes halogenated alkanes) is 3. The van der Waals surface area contributed by atoms with Gasteiger partial charge in [-0.1, -0.05) is 52.9 Å². The van der Waals surface area contributed by atoms with Crippen LogP contribution in [-0.2, 0) is 0 Å². The van der Waals surface area contributed by atoms with E-state index in [9.17, 15) is 0 Å². The molecule has 0 saturated carbocycles. The molecule has 0 N–H and O–H groups in total. The van der Waals surface area contributed by atoms with E-state index < -0.39 is 0 Å². The highest BCUT2D eigenvalue weighted by molar-refractivity contribution is 4.64. The van der Waals surface area contributed by atoms with E-state index in [1.807, 2.05) is 0 Å². The summed E-state index contributed by atoms with van der Waals surface area (Å²) in [5.41, 5.74) is 0. The molecule has 0 saturated heterocycles. The SMILES string of the molecule is [CH2]C(CC)CCC[CH]CC. The predicted octanol–water partition coefficient (Wildman–Crippen LogP) is 3.63. The van der Waals surface area contributed by atoms with Gasteiger partial charge in [0, 0.05) is 0 Å². The molecule has 0 aliphatic carbocycles. The quantitative estimate of drug-likeness (QED) is 0.494. The lowest BCUT2D eigenvalue weighted by Crippen LogP contribution is -1.91. The van der Waals surface area contributed by atoms with E-state index in [4.69, 9.17) is 0 Å². The van der Waals surface area contributed by atoms with E-state index >= 15 is 0 Å². The molecule has 0 spiro atoms. The van der Waals surface area contributed by atoms with Gasteiger partial charge in [0.1, 0.15) is 0 Å². The first-order chi connectivity index (χ1) is 4.81. The Morgan fingerprint density at radius 3 is 2.60 bits per heavy atom. The maximum Gasteiger partial charge on any atom is -0.0389 e. The number of hydrogen-bond acceptors (Lipinski definition) is 0. The molecule has 0 aliphatic rings. The third kappa shape index (κ3) is 6.12. The van der Waals surface area contributed by atoms with Crippen molar-refractivity contribution in [3.05, 3.63) is 13.3 Å². The van der Waals surface area contributed by atoms with Crippen molar-refractivity contribution in [2.75, 3.05) is 0 Å². The zero-order chi connectivity index (χ0) is 7.82. The van der Waals surface area contributed by atoms with Gasteiger partial charge in [-0.25, -0.2) is 0 Å². The fraction of sp³-hybridized carbons (Fsp3) is 0.800. The Kier molecular flexibility index (Phi) is 7.11. The molecule has 0 heterocycles. The van der Waals surface area contributed by atoms with E-state index in [1.165, 1.54) is 32.1 Å². The van der Waals surface area contributed by atoms with Crippen molar-refractivity contribution in [1.29, 1.82) is 0 Å². The van der Waals surface area contributed by atoms with Crippen molar-refractivity contribution in [3.8, 4) is 0 Å². The van der Waals surface area contributed by atoms with Crippen LogP contribution < -0.4 is 0 Å². The smallest absolute Gasteiger partial charge is 0.0389 e. The molecule has 0 aromatic rings. The Bertz CT molecular complexity index is 57.1. The maximum atomic E-state index is 4.04. The van der Waals surface area contributed by atoms with Crippen LogP contribution in [0.1, 0.15) is 46.0 Å². The van der Waals surface area contributed by atoms with Gasteiger partial charge >= 0.3 is 0 Å². The van der Waals surface area contributed by atoms with Gasteiger partial charge in [0.25, 0.3) is 0 Å². The van der Waals surface area contributed by atoms with Crippen molar-refractivity contribution < 1.29 is 0 Å². The Morgan fingerprint density at radius 1 is 1.40 bits per heavy atom. The van der Waals surface area contributed by atoms with E-state index in [0.29, 0.717) is 5.92 Å². The number of rotatable bonds is 6. The molecular weight excluding hydrogens is 120 g/mol. The van der Waals surface area contributed by atoms with Crippen LogP contribution in [-0.4, -0.2) is 0 Å². The third-order valence-corrected chi connectivity index (χ3v) is 1.89. The molecule has 1 atom stereocenters. The second-order valence-corrected chi connectivity index (χ2v) is 2.90. The van der Waals surface area contributed by atoms with Crippen LogP contribution in [0.25, 0.3) is 0 Å². The van der Waals surface area contributed by atoms with E-state index in [-0.39, 0.29) is 0 Å². The van der Waals surface area contributed by atoms with Gasteiger partial charge in [-0.3, -0.25) is 0 Å². The molecule has 0 bridgehead atoms. The molecule has 0 aromatic heterocycles. The summed E-state index contributed by atoms with van der Waals surface area (Å²) in [5.74, 6) is 0.685. The van der Waals surface area contributed by atoms with Crippen molar-refractivity contribution in [2.45, 2.75) is 46.0 Å². The van der Waals surface area contributed by atoms with Gasteiger partial charge in [0.15, 0.2) is 0 Å². The van der Waals surface area contributed by atoms with Gasteiger partial charge < -0.3 is 0 Å². The zero-order valence-electron chi connectivity index (χ0n) is 7.40. The predicted molar refractivity (Wildman–Crippen MR) is 47.6 cm³/mol. The normalized spacial score (nSPS) is 13.5. The molecule has 2 radical (unpaired) electrons. The van der Waals surface area contributed by atoms with Gasteiger partial charge in [-0.05, 0) is 12.3 Å². The van der Waals surface area contributed by atoms with Crippen molar-refractivity contribution in [3.63, 3.8) is 0 Å². The monoisotopic (exact) mass is 140 g/mol. The first-order valence-corrected chi connectivity index (χ1v) is 4.46. The fourth-order valence-corrected chi connectivity index (χ4v) is 0.959. The molecule has 10 heavy (non-hydrogen) atoms. The maximum absolute atomic E-state index is 4.04. The lowest BCUT2D eigenvalue weighted by molar-refractivity contribution is 0.538. The van der Waals surface area contributed by atoms with Crippen molar-refractivity contribution in [1.82, 2.24) is 0 Å². The highest BCUT2D eigenvalue weighted by Gasteiger charge is 1.96. The standard InChI is InChI=1S/C10H20/c1-4-6-7-8-9-10(3)5-2/h6,10H,3-5,7-9H2,1-2H3. The lowest BCUT2D eigenvalue weighted by atomic mass is 10.0. The molecule has 0 amide bonds. The minimum atomic E-state index is 0.685. The molecule has 0 aromatic carbocycles. The summed E-state index contributed by atoms with van der Waals surface area (Å²) in [5, 5.41) is 0. The van der Waals surface area contributed by atoms with Crippen LogP contribution in [0, 0.1) is 19.3 Å². The van der Waals surface area contributed by atoms with E-state index in [1.54, 1.807) is 0 Å². The van der Waals surface area contributed by atoms with Gasteiger partial charge in [-0.15, -0.1) is 0 Å². The fourth-order valence-electron chi connectivity index (χ4n) is 0.959. The van der Waals surface area contributed by atoms with Gasteiger partial charge in [0.2, 0.25) is 0 Å². The molecule has 0 nitrogen and oxygen atoms in total. The van der Waals surface area contributed by atoms with Crippen LogP contribution in [0.5, 0.6) is 0 Å². The molecule has 0 aliphatic heterocycles. The van der Waals surface area contributed by atoms with E-state index in [2.05, 4.69) is 27.2 Å². The zero-order valence-corrected chi connectivity index (χ0v) is 7.40. The summed E-state index contributed by atoms with van der Waals surface area (Å²) in [6.45, 7) is 8.45. The Morgan fingerprint density at radius 2 is 2.10 bits per heavy atom. The van der Waals surface area contributed by atoms with Crippen LogP contribution in [0.15, 0.2) is 0 Å². The summed E-state index contributed by atoms with van der Waals surface area (Å²) in [7, 11) is 0. The van der Waals surface area contributed by atoms with Crippen LogP contribution in [0.4, 0.5) is 0 Å². The Hall–Kier alpha value is 0. The molecule has 0 fully saturated rings. The second-order valence-electron chi connectivity index (χ2n) is 2.90. The summed E-state index contributed by atoms with van der Waals surface area (Å²) in [4.78, 5) is 0. The number of hydrogen-bond donors (Lipinski definition) is 0.